The number of H-pyrrole nitrogens is 1. The molecule has 0 aliphatic carbocycles. The van der Waals surface area contributed by atoms with Crippen LogP contribution in [0.15, 0.2) is 22.2 Å². The summed E-state index contributed by atoms with van der Waals surface area (Å²) in [5.41, 5.74) is 5.18. The Morgan fingerprint density at radius 3 is 2.89 bits per heavy atom. The Balaban J connectivity index is 2.24. The highest BCUT2D eigenvalue weighted by atomic mass is 32.2. The first-order valence-electron chi connectivity index (χ1n) is 5.94. The molecule has 18 heavy (non-hydrogen) atoms. The predicted molar refractivity (Wildman–Crippen MR) is 75.1 cm³/mol. The molecule has 100 valence electrons. The van der Waals surface area contributed by atoms with Gasteiger partial charge in [-0.1, -0.05) is 32.0 Å². The summed E-state index contributed by atoms with van der Waals surface area (Å²) in [6, 6.07) is 1.40. The van der Waals surface area contributed by atoms with Gasteiger partial charge in [0.1, 0.15) is 0 Å². The van der Waals surface area contributed by atoms with E-state index in [-0.39, 0.29) is 16.8 Å². The highest BCUT2D eigenvalue weighted by molar-refractivity contribution is 7.99. The van der Waals surface area contributed by atoms with E-state index in [4.69, 9.17) is 11.1 Å². The average molecular weight is 268 g/mol. The third kappa shape index (κ3) is 4.91. The molecule has 0 atom stereocenters. The first-order valence-corrected chi connectivity index (χ1v) is 6.93. The lowest BCUT2D eigenvalue weighted by atomic mass is 9.86. The van der Waals surface area contributed by atoms with E-state index in [1.54, 1.807) is 11.8 Å². The van der Waals surface area contributed by atoms with E-state index in [2.05, 4.69) is 9.97 Å². The lowest BCUT2D eigenvalue weighted by Crippen LogP contribution is -2.30. The average Bonchev–Trinajstić information content (AvgIpc) is 2.28. The molecular formula is C12H20N4OS. The Labute approximate surface area is 111 Å². The van der Waals surface area contributed by atoms with Crippen LogP contribution in [-0.4, -0.2) is 21.6 Å². The van der Waals surface area contributed by atoms with Gasteiger partial charge >= 0.3 is 0 Å². The molecule has 0 amide bonds. The van der Waals surface area contributed by atoms with E-state index >= 15 is 0 Å². The topological polar surface area (TPSA) is 95.6 Å². The van der Waals surface area contributed by atoms with Crippen molar-refractivity contribution in [2.24, 2.45) is 11.1 Å². The summed E-state index contributed by atoms with van der Waals surface area (Å²) in [6.07, 6.45) is 4.44. The number of aromatic amines is 1. The summed E-state index contributed by atoms with van der Waals surface area (Å²) in [7, 11) is 0. The van der Waals surface area contributed by atoms with Crippen LogP contribution in [0.3, 0.4) is 0 Å². The monoisotopic (exact) mass is 268 g/mol. The van der Waals surface area contributed by atoms with Crippen LogP contribution in [-0.2, 0) is 0 Å². The van der Waals surface area contributed by atoms with Crippen molar-refractivity contribution in [3.63, 3.8) is 0 Å². The van der Waals surface area contributed by atoms with E-state index in [0.29, 0.717) is 5.16 Å². The van der Waals surface area contributed by atoms with Crippen LogP contribution in [0.5, 0.6) is 0 Å². The van der Waals surface area contributed by atoms with Crippen LogP contribution in [0, 0.1) is 10.8 Å². The third-order valence-corrected chi connectivity index (χ3v) is 3.79. The standard InChI is InChI=1S/C12H20N4OS/c1-12(2,10(13)14)6-3-4-8-18-11-15-7-5-9(17)16-11/h5,7H,3-4,6,8H2,1-2H3,(H3,13,14)(H,15,16,17). The molecule has 0 aliphatic heterocycles. The molecule has 0 spiro atoms. The van der Waals surface area contributed by atoms with Gasteiger partial charge in [-0.25, -0.2) is 4.98 Å². The van der Waals surface area contributed by atoms with Gasteiger partial charge in [0.25, 0.3) is 5.56 Å². The second-order valence-electron chi connectivity index (χ2n) is 4.84. The summed E-state index contributed by atoms with van der Waals surface area (Å²) in [5, 5.41) is 8.12. The second kappa shape index (κ2) is 6.58. The molecule has 0 bridgehead atoms. The van der Waals surface area contributed by atoms with Gasteiger partial charge in [-0.05, 0) is 12.8 Å². The molecule has 4 N–H and O–H groups in total. The van der Waals surface area contributed by atoms with Crippen molar-refractivity contribution in [2.45, 2.75) is 38.3 Å². The summed E-state index contributed by atoms with van der Waals surface area (Å²) < 4.78 is 0. The fourth-order valence-corrected chi connectivity index (χ4v) is 2.25. The summed E-state index contributed by atoms with van der Waals surface area (Å²) in [6.45, 7) is 3.97. The Morgan fingerprint density at radius 1 is 1.56 bits per heavy atom. The molecule has 0 saturated carbocycles. The van der Waals surface area contributed by atoms with E-state index in [9.17, 15) is 4.79 Å². The van der Waals surface area contributed by atoms with E-state index < -0.39 is 0 Å². The summed E-state index contributed by atoms with van der Waals surface area (Å²) in [5.74, 6) is 1.14. The Hall–Kier alpha value is -1.30. The molecule has 0 aliphatic rings. The minimum Gasteiger partial charge on any atom is -0.387 e. The Bertz CT molecular complexity index is 455. The summed E-state index contributed by atoms with van der Waals surface area (Å²) in [4.78, 5) is 17.8. The van der Waals surface area contributed by atoms with Gasteiger partial charge in [-0.3, -0.25) is 10.2 Å². The van der Waals surface area contributed by atoms with Crippen LogP contribution < -0.4 is 11.3 Å². The van der Waals surface area contributed by atoms with Crippen molar-refractivity contribution in [2.75, 3.05) is 5.75 Å². The molecule has 6 heteroatoms. The molecule has 0 unspecified atom stereocenters. The van der Waals surface area contributed by atoms with Gasteiger partial charge in [0.2, 0.25) is 0 Å². The van der Waals surface area contributed by atoms with E-state index in [1.807, 2.05) is 13.8 Å². The quantitative estimate of drug-likeness (QED) is 0.232. The van der Waals surface area contributed by atoms with Crippen molar-refractivity contribution in [3.8, 4) is 0 Å². The Kier molecular flexibility index (Phi) is 5.40. The van der Waals surface area contributed by atoms with Gasteiger partial charge < -0.3 is 10.7 Å². The lowest BCUT2D eigenvalue weighted by Gasteiger charge is -2.22. The number of amidine groups is 1. The first kappa shape index (κ1) is 14.8. The SMILES string of the molecule is CC(C)(CCCCSc1nccc(=O)[nH]1)C(=N)N. The van der Waals surface area contributed by atoms with Crippen molar-refractivity contribution in [1.82, 2.24) is 9.97 Å². The predicted octanol–water partition coefficient (Wildman–Crippen LogP) is 1.99. The zero-order chi connectivity index (χ0) is 13.6. The number of hydrogen-bond acceptors (Lipinski definition) is 4. The zero-order valence-electron chi connectivity index (χ0n) is 10.8. The minimum atomic E-state index is -0.218. The fraction of sp³-hybridized carbons (Fsp3) is 0.583. The lowest BCUT2D eigenvalue weighted by molar-refractivity contribution is 0.448. The number of nitrogens with one attached hydrogen (secondary N) is 2. The summed E-state index contributed by atoms with van der Waals surface area (Å²) >= 11 is 1.54. The fourth-order valence-electron chi connectivity index (χ4n) is 1.40. The van der Waals surface area contributed by atoms with Crippen molar-refractivity contribution < 1.29 is 0 Å². The zero-order valence-corrected chi connectivity index (χ0v) is 11.6. The molecule has 5 nitrogen and oxygen atoms in total. The molecule has 0 aromatic carbocycles. The number of nitrogens with two attached hydrogens (primary N) is 1. The minimum absolute atomic E-state index is 0.120. The maximum Gasteiger partial charge on any atom is 0.251 e. The first-order chi connectivity index (χ1) is 8.42. The molecule has 0 saturated heterocycles. The smallest absolute Gasteiger partial charge is 0.251 e. The van der Waals surface area contributed by atoms with E-state index in [0.717, 1.165) is 25.0 Å². The van der Waals surface area contributed by atoms with Gasteiger partial charge in [0.05, 0.1) is 5.84 Å². The molecule has 1 rings (SSSR count). The van der Waals surface area contributed by atoms with Crippen LogP contribution >= 0.6 is 11.8 Å². The second-order valence-corrected chi connectivity index (χ2v) is 5.93. The molecule has 0 fully saturated rings. The van der Waals surface area contributed by atoms with Crippen LogP contribution in [0.4, 0.5) is 0 Å². The van der Waals surface area contributed by atoms with Gasteiger partial charge in [0.15, 0.2) is 5.16 Å². The number of hydrogen-bond donors (Lipinski definition) is 3. The molecular weight excluding hydrogens is 248 g/mol. The van der Waals surface area contributed by atoms with Crippen LogP contribution in [0.1, 0.15) is 33.1 Å². The van der Waals surface area contributed by atoms with Gasteiger partial charge in [-0.2, -0.15) is 0 Å². The van der Waals surface area contributed by atoms with Gasteiger partial charge in [0, 0.05) is 23.4 Å². The molecule has 1 aromatic heterocycles. The van der Waals surface area contributed by atoms with Crippen LogP contribution in [0.25, 0.3) is 0 Å². The largest absolute Gasteiger partial charge is 0.387 e. The number of aromatic nitrogens is 2. The Morgan fingerprint density at radius 2 is 2.28 bits per heavy atom. The molecule has 0 radical (unpaired) electrons. The highest BCUT2D eigenvalue weighted by Crippen LogP contribution is 2.23. The normalized spacial score (nSPS) is 11.4. The maximum absolute atomic E-state index is 11.0. The molecule has 1 aromatic rings. The van der Waals surface area contributed by atoms with Crippen molar-refractivity contribution in [3.05, 3.63) is 22.6 Å². The number of unbranched alkanes of at least 4 members (excludes halogenated alkanes) is 1. The van der Waals surface area contributed by atoms with Gasteiger partial charge in [-0.15, -0.1) is 0 Å². The van der Waals surface area contributed by atoms with Crippen LogP contribution in [0.2, 0.25) is 0 Å². The molecule has 1 heterocycles. The number of thioether (sulfide) groups is 1. The maximum atomic E-state index is 11.0. The van der Waals surface area contributed by atoms with Crippen molar-refractivity contribution in [1.29, 1.82) is 5.41 Å². The number of nitrogens with zero attached hydrogens (tertiary/aromatic N) is 1. The third-order valence-electron chi connectivity index (χ3n) is 2.81. The van der Waals surface area contributed by atoms with Crippen molar-refractivity contribution >= 4 is 17.6 Å². The van der Waals surface area contributed by atoms with E-state index in [1.165, 1.54) is 12.3 Å². The highest BCUT2D eigenvalue weighted by Gasteiger charge is 2.20. The number of rotatable bonds is 7.